The van der Waals surface area contributed by atoms with E-state index in [1.54, 1.807) is 18.3 Å². The summed E-state index contributed by atoms with van der Waals surface area (Å²) < 4.78 is 7.38. The summed E-state index contributed by atoms with van der Waals surface area (Å²) in [5.41, 5.74) is 0.629. The van der Waals surface area contributed by atoms with E-state index in [0.29, 0.717) is 16.5 Å². The number of pyridine rings is 1. The van der Waals surface area contributed by atoms with Gasteiger partial charge in [0.2, 0.25) is 5.88 Å². The standard InChI is InChI=1S/C14H14ClN7O/c15-10-3-6-14(16-8-10)23-11-2-1-7-21(9-11)13-5-4-12-17-19-20-22(12)18-13/h3-6,8,11H,1-2,7,9H2. The largest absolute Gasteiger partial charge is 0.472 e. The molecule has 23 heavy (non-hydrogen) atoms. The zero-order valence-electron chi connectivity index (χ0n) is 12.2. The summed E-state index contributed by atoms with van der Waals surface area (Å²) in [6, 6.07) is 7.34. The van der Waals surface area contributed by atoms with Crippen LogP contribution >= 0.6 is 11.6 Å². The van der Waals surface area contributed by atoms with Gasteiger partial charge in [-0.2, -0.15) is 0 Å². The minimum atomic E-state index is 0.0591. The van der Waals surface area contributed by atoms with Crippen LogP contribution in [0.3, 0.4) is 0 Å². The molecular weight excluding hydrogens is 318 g/mol. The van der Waals surface area contributed by atoms with Crippen LogP contribution in [-0.4, -0.2) is 49.4 Å². The first-order valence-electron chi connectivity index (χ1n) is 7.36. The smallest absolute Gasteiger partial charge is 0.213 e. The van der Waals surface area contributed by atoms with E-state index in [2.05, 4.69) is 30.5 Å². The Labute approximate surface area is 137 Å². The minimum Gasteiger partial charge on any atom is -0.472 e. The number of ether oxygens (including phenoxy) is 1. The molecular formula is C14H14ClN7O. The maximum absolute atomic E-state index is 5.95. The lowest BCUT2D eigenvalue weighted by Crippen LogP contribution is -2.41. The fourth-order valence-corrected chi connectivity index (χ4v) is 2.77. The van der Waals surface area contributed by atoms with Crippen molar-refractivity contribution in [3.63, 3.8) is 0 Å². The molecule has 0 saturated carbocycles. The van der Waals surface area contributed by atoms with E-state index in [1.165, 1.54) is 4.63 Å². The number of aromatic nitrogens is 6. The Hall–Kier alpha value is -2.48. The van der Waals surface area contributed by atoms with Crippen molar-refractivity contribution in [2.75, 3.05) is 18.0 Å². The molecule has 1 aliphatic rings. The van der Waals surface area contributed by atoms with Crippen molar-refractivity contribution in [1.29, 1.82) is 0 Å². The lowest BCUT2D eigenvalue weighted by atomic mass is 10.1. The normalized spacial score (nSPS) is 18.3. The van der Waals surface area contributed by atoms with Crippen molar-refractivity contribution in [1.82, 2.24) is 30.2 Å². The van der Waals surface area contributed by atoms with E-state index in [4.69, 9.17) is 16.3 Å². The third-order valence-electron chi connectivity index (χ3n) is 3.75. The number of piperidine rings is 1. The second-order valence-corrected chi connectivity index (χ2v) is 5.80. The number of rotatable bonds is 3. The van der Waals surface area contributed by atoms with Gasteiger partial charge >= 0.3 is 0 Å². The van der Waals surface area contributed by atoms with Crippen LogP contribution in [0.4, 0.5) is 5.82 Å². The van der Waals surface area contributed by atoms with Gasteiger partial charge in [-0.05, 0) is 41.5 Å². The SMILES string of the molecule is Clc1ccc(OC2CCCN(c3ccc4nnnn4n3)C2)nc1. The van der Waals surface area contributed by atoms with Crippen LogP contribution in [0.5, 0.6) is 5.88 Å². The summed E-state index contributed by atoms with van der Waals surface area (Å²) in [5, 5.41) is 16.3. The summed E-state index contributed by atoms with van der Waals surface area (Å²) in [4.78, 5) is 6.36. The lowest BCUT2D eigenvalue weighted by molar-refractivity contribution is 0.172. The van der Waals surface area contributed by atoms with Gasteiger partial charge in [0, 0.05) is 18.8 Å². The quantitative estimate of drug-likeness (QED) is 0.721. The van der Waals surface area contributed by atoms with Crippen molar-refractivity contribution in [3.05, 3.63) is 35.5 Å². The molecule has 8 nitrogen and oxygen atoms in total. The van der Waals surface area contributed by atoms with Gasteiger partial charge in [0.1, 0.15) is 6.10 Å². The highest BCUT2D eigenvalue weighted by Crippen LogP contribution is 2.21. The fraction of sp³-hybridized carbons (Fsp3) is 0.357. The van der Waals surface area contributed by atoms with Gasteiger partial charge in [0.15, 0.2) is 11.5 Å². The van der Waals surface area contributed by atoms with Gasteiger partial charge in [-0.25, -0.2) is 4.98 Å². The van der Waals surface area contributed by atoms with Gasteiger partial charge < -0.3 is 9.64 Å². The molecule has 0 spiro atoms. The number of halogens is 1. The van der Waals surface area contributed by atoms with Crippen LogP contribution in [-0.2, 0) is 0 Å². The molecule has 4 rings (SSSR count). The van der Waals surface area contributed by atoms with Gasteiger partial charge in [-0.3, -0.25) is 0 Å². The topological polar surface area (TPSA) is 81.3 Å². The second-order valence-electron chi connectivity index (χ2n) is 5.36. The molecule has 0 bridgehead atoms. The van der Waals surface area contributed by atoms with Crippen molar-refractivity contribution >= 4 is 23.1 Å². The molecule has 4 heterocycles. The number of fused-ring (bicyclic) bond motifs is 1. The lowest BCUT2D eigenvalue weighted by Gasteiger charge is -2.33. The van der Waals surface area contributed by atoms with Gasteiger partial charge in [-0.1, -0.05) is 11.6 Å². The Bertz CT molecular complexity index is 806. The molecule has 1 unspecified atom stereocenters. The first kappa shape index (κ1) is 14.1. The summed E-state index contributed by atoms with van der Waals surface area (Å²) in [6.45, 7) is 1.67. The zero-order valence-corrected chi connectivity index (χ0v) is 13.0. The van der Waals surface area contributed by atoms with Crippen molar-refractivity contribution in [2.24, 2.45) is 0 Å². The van der Waals surface area contributed by atoms with Crippen LogP contribution in [0.1, 0.15) is 12.8 Å². The minimum absolute atomic E-state index is 0.0591. The van der Waals surface area contributed by atoms with Crippen LogP contribution in [0.2, 0.25) is 5.02 Å². The average molecular weight is 332 g/mol. The van der Waals surface area contributed by atoms with E-state index in [-0.39, 0.29) is 6.10 Å². The maximum atomic E-state index is 5.95. The zero-order chi connectivity index (χ0) is 15.6. The third kappa shape index (κ3) is 3.02. The molecule has 9 heteroatoms. The van der Waals surface area contributed by atoms with Gasteiger partial charge in [0.05, 0.1) is 11.6 Å². The van der Waals surface area contributed by atoms with E-state index in [1.807, 2.05) is 12.1 Å². The second kappa shape index (κ2) is 5.96. The van der Waals surface area contributed by atoms with Crippen molar-refractivity contribution in [2.45, 2.75) is 18.9 Å². The van der Waals surface area contributed by atoms with Crippen LogP contribution in [0, 0.1) is 0 Å². The number of hydrogen-bond donors (Lipinski definition) is 0. The Morgan fingerprint density at radius 2 is 2.17 bits per heavy atom. The fourth-order valence-electron chi connectivity index (χ4n) is 2.65. The van der Waals surface area contributed by atoms with Gasteiger partial charge in [-0.15, -0.1) is 14.8 Å². The number of anilines is 1. The molecule has 3 aromatic heterocycles. The first-order valence-corrected chi connectivity index (χ1v) is 7.74. The molecule has 0 radical (unpaired) electrons. The highest BCUT2D eigenvalue weighted by atomic mass is 35.5. The molecule has 118 valence electrons. The molecule has 1 saturated heterocycles. The predicted molar refractivity (Wildman–Crippen MR) is 83.7 cm³/mol. The average Bonchev–Trinajstić information content (AvgIpc) is 3.05. The Kier molecular flexibility index (Phi) is 3.66. The molecule has 1 fully saturated rings. The maximum Gasteiger partial charge on any atom is 0.213 e. The van der Waals surface area contributed by atoms with E-state index >= 15 is 0 Å². The third-order valence-corrected chi connectivity index (χ3v) is 3.97. The highest BCUT2D eigenvalue weighted by molar-refractivity contribution is 6.30. The number of nitrogens with zero attached hydrogens (tertiary/aromatic N) is 7. The van der Waals surface area contributed by atoms with E-state index in [9.17, 15) is 0 Å². The molecule has 0 aromatic carbocycles. The van der Waals surface area contributed by atoms with E-state index in [0.717, 1.165) is 31.7 Å². The summed E-state index contributed by atoms with van der Waals surface area (Å²) >= 11 is 5.84. The monoisotopic (exact) mass is 331 g/mol. The Morgan fingerprint density at radius 1 is 1.22 bits per heavy atom. The summed E-state index contributed by atoms with van der Waals surface area (Å²) in [7, 11) is 0. The number of tetrazole rings is 1. The first-order chi connectivity index (χ1) is 11.3. The summed E-state index contributed by atoms with van der Waals surface area (Å²) in [5.74, 6) is 1.42. The van der Waals surface area contributed by atoms with Crippen molar-refractivity contribution in [3.8, 4) is 5.88 Å². The molecule has 0 aliphatic carbocycles. The summed E-state index contributed by atoms with van der Waals surface area (Å²) in [6.07, 6.45) is 3.65. The molecule has 0 N–H and O–H groups in total. The van der Waals surface area contributed by atoms with E-state index < -0.39 is 0 Å². The Morgan fingerprint density at radius 3 is 3.04 bits per heavy atom. The van der Waals surface area contributed by atoms with Crippen LogP contribution in [0.25, 0.3) is 5.65 Å². The molecule has 0 amide bonds. The molecule has 1 atom stereocenters. The van der Waals surface area contributed by atoms with Crippen LogP contribution < -0.4 is 9.64 Å². The molecule has 1 aliphatic heterocycles. The van der Waals surface area contributed by atoms with Crippen molar-refractivity contribution < 1.29 is 4.74 Å². The Balaban J connectivity index is 1.48. The van der Waals surface area contributed by atoms with Gasteiger partial charge in [0.25, 0.3) is 0 Å². The highest BCUT2D eigenvalue weighted by Gasteiger charge is 2.23. The van der Waals surface area contributed by atoms with Crippen LogP contribution in [0.15, 0.2) is 30.5 Å². The molecule has 3 aromatic rings. The number of hydrogen-bond acceptors (Lipinski definition) is 7. The predicted octanol–water partition coefficient (Wildman–Crippen LogP) is 1.62.